The van der Waals surface area contributed by atoms with Crippen LogP contribution in [0, 0.1) is 5.92 Å². The highest BCUT2D eigenvalue weighted by Gasteiger charge is 2.37. The van der Waals surface area contributed by atoms with Crippen LogP contribution < -0.4 is 0 Å². The van der Waals surface area contributed by atoms with Gasteiger partial charge in [0.05, 0.1) is 6.61 Å². The van der Waals surface area contributed by atoms with Crippen LogP contribution in [0.3, 0.4) is 0 Å². The van der Waals surface area contributed by atoms with Crippen LogP contribution in [0.2, 0.25) is 0 Å². The number of nitrogens with zero attached hydrogens (tertiary/aromatic N) is 1. The van der Waals surface area contributed by atoms with Crippen molar-refractivity contribution in [1.82, 2.24) is 4.90 Å². The highest BCUT2D eigenvalue weighted by atomic mass is 16.5. The van der Waals surface area contributed by atoms with Gasteiger partial charge in [-0.1, -0.05) is 30.3 Å². The van der Waals surface area contributed by atoms with E-state index in [2.05, 4.69) is 29.2 Å². The molecule has 1 heterocycles. The molecule has 0 aromatic heterocycles. The predicted octanol–water partition coefficient (Wildman–Crippen LogP) is 1.87. The molecule has 0 spiro atoms. The Bertz CT molecular complexity index is 414. The first kappa shape index (κ1) is 11.9. The number of Topliss-reactive ketones (excluding diaryl/α,β-unsaturated/α-hetero) is 1. The van der Waals surface area contributed by atoms with E-state index >= 15 is 0 Å². The van der Waals surface area contributed by atoms with E-state index < -0.39 is 0 Å². The number of morpholine rings is 1. The molecule has 1 aromatic rings. The molecule has 3 nitrogen and oxygen atoms in total. The molecule has 0 amide bonds. The molecular weight excluding hydrogens is 226 g/mol. The smallest absolute Gasteiger partial charge is 0.165 e. The van der Waals surface area contributed by atoms with Gasteiger partial charge in [-0.15, -0.1) is 0 Å². The normalized spacial score (nSPS) is 25.0. The van der Waals surface area contributed by atoms with Gasteiger partial charge in [0.25, 0.3) is 0 Å². The average molecular weight is 245 g/mol. The Kier molecular flexibility index (Phi) is 3.43. The summed E-state index contributed by atoms with van der Waals surface area (Å²) in [4.78, 5) is 14.3. The fourth-order valence-electron chi connectivity index (χ4n) is 2.49. The van der Waals surface area contributed by atoms with Crippen LogP contribution in [0.5, 0.6) is 0 Å². The van der Waals surface area contributed by atoms with Crippen LogP contribution in [0.25, 0.3) is 0 Å². The van der Waals surface area contributed by atoms with Crippen LogP contribution >= 0.6 is 0 Å². The summed E-state index contributed by atoms with van der Waals surface area (Å²) < 4.78 is 5.62. The van der Waals surface area contributed by atoms with Gasteiger partial charge in [-0.3, -0.25) is 9.69 Å². The zero-order valence-corrected chi connectivity index (χ0v) is 10.5. The van der Waals surface area contributed by atoms with E-state index in [4.69, 9.17) is 4.74 Å². The van der Waals surface area contributed by atoms with Gasteiger partial charge >= 0.3 is 0 Å². The minimum atomic E-state index is -0.185. The first-order valence-corrected chi connectivity index (χ1v) is 6.74. The third kappa shape index (κ3) is 2.79. The number of rotatable bonds is 4. The lowest BCUT2D eigenvalue weighted by atomic mass is 10.1. The van der Waals surface area contributed by atoms with Crippen molar-refractivity contribution < 1.29 is 9.53 Å². The zero-order chi connectivity index (χ0) is 12.4. The van der Waals surface area contributed by atoms with Crippen LogP contribution in [-0.4, -0.2) is 36.5 Å². The Morgan fingerprint density at radius 1 is 1.28 bits per heavy atom. The van der Waals surface area contributed by atoms with Gasteiger partial charge in [0.1, 0.15) is 6.10 Å². The Hall–Kier alpha value is -1.19. The maximum atomic E-state index is 12.0. The van der Waals surface area contributed by atoms with Crippen LogP contribution in [0.15, 0.2) is 30.3 Å². The second kappa shape index (κ2) is 5.21. The maximum Gasteiger partial charge on any atom is 0.165 e. The number of ether oxygens (including phenoxy) is 1. The lowest BCUT2D eigenvalue weighted by Gasteiger charge is -2.32. The highest BCUT2D eigenvalue weighted by Crippen LogP contribution is 2.32. The van der Waals surface area contributed by atoms with Crippen molar-refractivity contribution in [2.75, 3.05) is 19.7 Å². The van der Waals surface area contributed by atoms with E-state index in [1.807, 2.05) is 6.07 Å². The van der Waals surface area contributed by atoms with Crippen molar-refractivity contribution in [3.8, 4) is 0 Å². The molecule has 3 rings (SSSR count). The van der Waals surface area contributed by atoms with Crippen molar-refractivity contribution in [3.63, 3.8) is 0 Å². The summed E-state index contributed by atoms with van der Waals surface area (Å²) in [5.74, 6) is 0.624. The van der Waals surface area contributed by atoms with Crippen molar-refractivity contribution in [3.05, 3.63) is 35.9 Å². The van der Waals surface area contributed by atoms with Crippen molar-refractivity contribution in [2.24, 2.45) is 5.92 Å². The van der Waals surface area contributed by atoms with Gasteiger partial charge in [0.2, 0.25) is 0 Å². The molecule has 0 radical (unpaired) electrons. The number of benzene rings is 1. The molecule has 1 aliphatic carbocycles. The fourth-order valence-corrected chi connectivity index (χ4v) is 2.49. The predicted molar refractivity (Wildman–Crippen MR) is 69.2 cm³/mol. The number of carbonyl (C=O) groups is 1. The quantitative estimate of drug-likeness (QED) is 0.811. The summed E-state index contributed by atoms with van der Waals surface area (Å²) in [6.45, 7) is 3.27. The molecule has 3 heteroatoms. The van der Waals surface area contributed by atoms with E-state index in [-0.39, 0.29) is 6.10 Å². The third-order valence-electron chi connectivity index (χ3n) is 3.70. The zero-order valence-electron chi connectivity index (χ0n) is 10.5. The molecule has 1 atom stereocenters. The van der Waals surface area contributed by atoms with Crippen LogP contribution in [-0.2, 0) is 16.1 Å². The molecule has 18 heavy (non-hydrogen) atoms. The monoisotopic (exact) mass is 245 g/mol. The summed E-state index contributed by atoms with van der Waals surface area (Å²) >= 11 is 0. The molecule has 1 aliphatic heterocycles. The average Bonchev–Trinajstić information content (AvgIpc) is 3.24. The number of hydrogen-bond donors (Lipinski definition) is 0. The number of ketones is 1. The summed E-state index contributed by atoms with van der Waals surface area (Å²) in [6, 6.07) is 10.4. The van der Waals surface area contributed by atoms with Crippen molar-refractivity contribution in [2.45, 2.75) is 25.5 Å². The van der Waals surface area contributed by atoms with Gasteiger partial charge in [0.15, 0.2) is 5.78 Å². The number of hydrogen-bond acceptors (Lipinski definition) is 3. The second-order valence-corrected chi connectivity index (χ2v) is 5.26. The van der Waals surface area contributed by atoms with E-state index in [1.54, 1.807) is 0 Å². The topological polar surface area (TPSA) is 29.5 Å². The lowest BCUT2D eigenvalue weighted by molar-refractivity contribution is -0.137. The Morgan fingerprint density at radius 3 is 2.78 bits per heavy atom. The molecule has 1 aromatic carbocycles. The third-order valence-corrected chi connectivity index (χ3v) is 3.70. The summed E-state index contributed by atoms with van der Waals surface area (Å²) in [6.07, 6.45) is 1.95. The first-order valence-electron chi connectivity index (χ1n) is 6.74. The van der Waals surface area contributed by atoms with E-state index in [9.17, 15) is 4.79 Å². The molecule has 0 bridgehead atoms. The Morgan fingerprint density at radius 2 is 2.06 bits per heavy atom. The molecule has 96 valence electrons. The standard InChI is InChI=1S/C15H19NO2/c17-15(13-6-7-13)14-11-16(8-9-18-14)10-12-4-2-1-3-5-12/h1-5,13-14H,6-11H2. The van der Waals surface area contributed by atoms with Gasteiger partial charge in [0, 0.05) is 25.6 Å². The summed E-state index contributed by atoms with van der Waals surface area (Å²) in [5, 5.41) is 0. The fraction of sp³-hybridized carbons (Fsp3) is 0.533. The molecule has 2 fully saturated rings. The molecular formula is C15H19NO2. The van der Waals surface area contributed by atoms with Crippen LogP contribution in [0.1, 0.15) is 18.4 Å². The lowest BCUT2D eigenvalue weighted by Crippen LogP contribution is -2.46. The minimum absolute atomic E-state index is 0.185. The Balaban J connectivity index is 1.58. The molecule has 2 aliphatic rings. The van der Waals surface area contributed by atoms with Gasteiger partial charge in [-0.05, 0) is 18.4 Å². The van der Waals surface area contributed by atoms with E-state index in [0.29, 0.717) is 18.3 Å². The van der Waals surface area contributed by atoms with Gasteiger partial charge in [-0.2, -0.15) is 0 Å². The van der Waals surface area contributed by atoms with Gasteiger partial charge in [-0.25, -0.2) is 0 Å². The van der Waals surface area contributed by atoms with Crippen molar-refractivity contribution in [1.29, 1.82) is 0 Å². The molecule has 1 saturated carbocycles. The number of carbonyl (C=O) groups excluding carboxylic acids is 1. The Labute approximate surface area is 108 Å². The van der Waals surface area contributed by atoms with Crippen LogP contribution in [0.4, 0.5) is 0 Å². The SMILES string of the molecule is O=C(C1CC1)C1CN(Cc2ccccc2)CCO1. The molecule has 0 N–H and O–H groups in total. The van der Waals surface area contributed by atoms with Crippen molar-refractivity contribution >= 4 is 5.78 Å². The molecule has 1 unspecified atom stereocenters. The highest BCUT2D eigenvalue weighted by molar-refractivity contribution is 5.87. The minimum Gasteiger partial charge on any atom is -0.368 e. The second-order valence-electron chi connectivity index (χ2n) is 5.26. The molecule has 1 saturated heterocycles. The van der Waals surface area contributed by atoms with Gasteiger partial charge < -0.3 is 4.74 Å². The first-order chi connectivity index (χ1) is 8.83. The largest absolute Gasteiger partial charge is 0.368 e. The summed E-state index contributed by atoms with van der Waals surface area (Å²) in [5.41, 5.74) is 1.30. The van der Waals surface area contributed by atoms with E-state index in [0.717, 1.165) is 32.5 Å². The maximum absolute atomic E-state index is 12.0. The summed E-state index contributed by atoms with van der Waals surface area (Å²) in [7, 11) is 0. The van der Waals surface area contributed by atoms with E-state index in [1.165, 1.54) is 5.56 Å².